The molecule has 0 radical (unpaired) electrons. The second kappa shape index (κ2) is 15.1. The van der Waals surface area contributed by atoms with Gasteiger partial charge in [0.1, 0.15) is 18.1 Å². The first kappa shape index (κ1) is 34.2. The van der Waals surface area contributed by atoms with Crippen molar-refractivity contribution < 1.29 is 33.8 Å². The average Bonchev–Trinajstić information content (AvgIpc) is 3.43. The average molecular weight is 655 g/mol. The number of amides is 4. The molecule has 1 aliphatic heterocycles. The zero-order valence-electron chi connectivity index (χ0n) is 27.5. The van der Waals surface area contributed by atoms with Gasteiger partial charge in [-0.2, -0.15) is 0 Å². The highest BCUT2D eigenvalue weighted by Crippen LogP contribution is 2.47. The summed E-state index contributed by atoms with van der Waals surface area (Å²) in [6, 6.07) is 19.7. The van der Waals surface area contributed by atoms with Gasteiger partial charge in [-0.15, -0.1) is 0 Å². The molecule has 1 heterocycles. The van der Waals surface area contributed by atoms with E-state index in [1.165, 1.54) is 24.0 Å². The monoisotopic (exact) mass is 654 g/mol. The summed E-state index contributed by atoms with van der Waals surface area (Å²) in [6.45, 7) is 2.87. The van der Waals surface area contributed by atoms with E-state index >= 15 is 0 Å². The van der Waals surface area contributed by atoms with E-state index in [1.54, 1.807) is 11.8 Å². The second-order valence-electron chi connectivity index (χ2n) is 12.3. The molecule has 11 nitrogen and oxygen atoms in total. The van der Waals surface area contributed by atoms with E-state index in [2.05, 4.69) is 5.32 Å². The summed E-state index contributed by atoms with van der Waals surface area (Å²) in [7, 11) is 2.61. The molecule has 1 aliphatic carbocycles. The van der Waals surface area contributed by atoms with Crippen LogP contribution in [0, 0.1) is 0 Å². The molecule has 0 unspecified atom stereocenters. The Morgan fingerprint density at radius 1 is 0.854 bits per heavy atom. The highest BCUT2D eigenvalue weighted by molar-refractivity contribution is 5.95. The number of fused-ring (bicyclic) bond motifs is 3. The summed E-state index contributed by atoms with van der Waals surface area (Å²) in [5, 5.41) is 12.9. The molecule has 5 rings (SSSR count). The molecule has 0 saturated carbocycles. The third kappa shape index (κ3) is 7.20. The number of rotatable bonds is 11. The third-order valence-electron chi connectivity index (χ3n) is 9.24. The number of carbonyl (C=O) groups is 5. The van der Waals surface area contributed by atoms with E-state index in [1.807, 2.05) is 78.9 Å². The molecule has 3 aromatic rings. The van der Waals surface area contributed by atoms with Gasteiger partial charge in [0.15, 0.2) is 0 Å². The molecule has 2 aliphatic rings. The number of hydrogen-bond donors (Lipinski definition) is 2. The van der Waals surface area contributed by atoms with Crippen molar-refractivity contribution in [1.29, 1.82) is 0 Å². The van der Waals surface area contributed by atoms with Crippen molar-refractivity contribution in [2.24, 2.45) is 0 Å². The third-order valence-corrected chi connectivity index (χ3v) is 9.24. The summed E-state index contributed by atoms with van der Waals surface area (Å²) in [4.78, 5) is 71.9. The zero-order valence-corrected chi connectivity index (χ0v) is 27.5. The topological polar surface area (TPSA) is 137 Å². The highest BCUT2D eigenvalue weighted by Gasteiger charge is 2.45. The predicted octanol–water partition coefficient (Wildman–Crippen LogP) is 4.26. The number of carbonyl (C=O) groups excluding carboxylic acids is 4. The lowest BCUT2D eigenvalue weighted by Crippen LogP contribution is -2.59. The maximum Gasteiger partial charge on any atom is 0.410 e. The number of hydrogen-bond acceptors (Lipinski definition) is 6. The van der Waals surface area contributed by atoms with Crippen LogP contribution in [0.15, 0.2) is 78.9 Å². The van der Waals surface area contributed by atoms with Gasteiger partial charge in [-0.05, 0) is 54.0 Å². The lowest BCUT2D eigenvalue weighted by Gasteiger charge is -2.38. The lowest BCUT2D eigenvalue weighted by atomic mass is 9.98. The van der Waals surface area contributed by atoms with Crippen LogP contribution in [0.25, 0.3) is 11.1 Å². The van der Waals surface area contributed by atoms with Gasteiger partial charge in [0, 0.05) is 26.6 Å². The van der Waals surface area contributed by atoms with Crippen LogP contribution in [0.2, 0.25) is 0 Å². The lowest BCUT2D eigenvalue weighted by molar-refractivity contribution is -0.148. The Labute approximate surface area is 280 Å². The normalized spacial score (nSPS) is 15.7. The number of piperidine rings is 1. The number of ether oxygens (including phenoxy) is 1. The van der Waals surface area contributed by atoms with Gasteiger partial charge in [-0.3, -0.25) is 24.1 Å². The Morgan fingerprint density at radius 2 is 1.42 bits per heavy atom. The van der Waals surface area contributed by atoms with Crippen LogP contribution in [0.1, 0.15) is 55.3 Å². The van der Waals surface area contributed by atoms with E-state index < -0.39 is 54.5 Å². The summed E-state index contributed by atoms with van der Waals surface area (Å²) in [5.41, 5.74) is 3.91. The molecular weight excluding hydrogens is 612 g/mol. The number of nitrogens with one attached hydrogen (secondary N) is 1. The SMILES string of the molecule is COC(=O)N(C1c2ccccc2-c2ccccc21)[C@@H](CC(=O)O)C(=O)N(C)[C@@H](Cc1ccccc1)C(=O)N[C@@H](C)C(=O)N1CCCCC1. The van der Waals surface area contributed by atoms with Crippen molar-refractivity contribution in [3.05, 3.63) is 95.6 Å². The molecule has 11 heteroatoms. The van der Waals surface area contributed by atoms with Crippen LogP contribution < -0.4 is 5.32 Å². The fourth-order valence-corrected chi connectivity index (χ4v) is 6.81. The molecule has 3 atom stereocenters. The number of carboxylic acid groups (broad SMARTS) is 1. The van der Waals surface area contributed by atoms with Crippen molar-refractivity contribution >= 4 is 29.8 Å². The number of aliphatic carboxylic acids is 1. The van der Waals surface area contributed by atoms with Crippen LogP contribution in [0.3, 0.4) is 0 Å². The molecule has 4 amide bonds. The van der Waals surface area contributed by atoms with Crippen molar-refractivity contribution in [1.82, 2.24) is 20.0 Å². The van der Waals surface area contributed by atoms with Gasteiger partial charge < -0.3 is 25.0 Å². The highest BCUT2D eigenvalue weighted by atomic mass is 16.5. The van der Waals surface area contributed by atoms with Crippen LogP contribution in [-0.4, -0.2) is 95.0 Å². The zero-order chi connectivity index (χ0) is 34.4. The van der Waals surface area contributed by atoms with Crippen LogP contribution in [-0.2, 0) is 30.3 Å². The fourth-order valence-electron chi connectivity index (χ4n) is 6.81. The van der Waals surface area contributed by atoms with Gasteiger partial charge in [-0.1, -0.05) is 78.9 Å². The second-order valence-corrected chi connectivity index (χ2v) is 12.3. The first-order valence-electron chi connectivity index (χ1n) is 16.3. The number of likely N-dealkylation sites (N-methyl/N-ethyl adjacent to an activating group) is 1. The van der Waals surface area contributed by atoms with Crippen molar-refractivity contribution in [2.45, 2.75) is 63.2 Å². The number of likely N-dealkylation sites (tertiary alicyclic amines) is 1. The minimum absolute atomic E-state index is 0.0899. The summed E-state index contributed by atoms with van der Waals surface area (Å²) < 4.78 is 5.19. The molecule has 1 saturated heterocycles. The van der Waals surface area contributed by atoms with E-state index in [9.17, 15) is 29.1 Å². The van der Waals surface area contributed by atoms with Gasteiger partial charge in [0.25, 0.3) is 0 Å². The van der Waals surface area contributed by atoms with Gasteiger partial charge in [0.05, 0.1) is 19.6 Å². The van der Waals surface area contributed by atoms with Crippen molar-refractivity contribution in [3.63, 3.8) is 0 Å². The molecule has 1 fully saturated rings. The Morgan fingerprint density at radius 3 is 1.98 bits per heavy atom. The molecule has 0 bridgehead atoms. The fraction of sp³-hybridized carbons (Fsp3) is 0.378. The Kier molecular flexibility index (Phi) is 10.8. The van der Waals surface area contributed by atoms with Crippen molar-refractivity contribution in [2.75, 3.05) is 27.2 Å². The number of carboxylic acids is 1. The predicted molar refractivity (Wildman–Crippen MR) is 179 cm³/mol. The van der Waals surface area contributed by atoms with E-state index in [0.29, 0.717) is 13.1 Å². The maximum absolute atomic E-state index is 14.6. The molecule has 0 spiro atoms. The molecule has 0 aromatic heterocycles. The Hall–Kier alpha value is -5.19. The van der Waals surface area contributed by atoms with Gasteiger partial charge in [-0.25, -0.2) is 4.79 Å². The Bertz CT molecular complexity index is 1610. The first-order valence-corrected chi connectivity index (χ1v) is 16.3. The number of methoxy groups -OCH3 is 1. The smallest absolute Gasteiger partial charge is 0.410 e. The van der Waals surface area contributed by atoms with Crippen LogP contribution >= 0.6 is 0 Å². The summed E-state index contributed by atoms with van der Waals surface area (Å²) >= 11 is 0. The number of nitrogens with zero attached hydrogens (tertiary/aromatic N) is 3. The standard InChI is InChI=1S/C37H42N4O7/c1-24(35(45)40-20-12-5-13-21-40)38-34(44)30(22-25-14-6-4-7-15-25)39(2)36(46)31(23-32(42)43)41(37(47)48-3)33-28-18-10-8-16-26(28)27-17-9-11-19-29(27)33/h4,6-11,14-19,24,30-31,33H,5,12-13,20-23H2,1-3H3,(H,38,44)(H,42,43)/t24-,30-,31-/m0/s1. The minimum Gasteiger partial charge on any atom is -0.481 e. The van der Waals surface area contributed by atoms with E-state index in [0.717, 1.165) is 47.1 Å². The van der Waals surface area contributed by atoms with Crippen LogP contribution in [0.5, 0.6) is 0 Å². The number of benzene rings is 3. The molecular formula is C37H42N4O7. The Balaban J connectivity index is 1.50. The van der Waals surface area contributed by atoms with E-state index in [4.69, 9.17) is 4.74 Å². The largest absolute Gasteiger partial charge is 0.481 e. The first-order chi connectivity index (χ1) is 23.1. The minimum atomic E-state index is -1.54. The molecule has 2 N–H and O–H groups in total. The van der Waals surface area contributed by atoms with Gasteiger partial charge >= 0.3 is 12.1 Å². The quantitative estimate of drug-likeness (QED) is 0.316. The molecule has 252 valence electrons. The maximum atomic E-state index is 14.6. The van der Waals surface area contributed by atoms with Gasteiger partial charge in [0.2, 0.25) is 17.7 Å². The van der Waals surface area contributed by atoms with Crippen LogP contribution in [0.4, 0.5) is 4.79 Å². The van der Waals surface area contributed by atoms with E-state index in [-0.39, 0.29) is 12.3 Å². The summed E-state index contributed by atoms with van der Waals surface area (Å²) in [5.74, 6) is -2.83. The molecule has 48 heavy (non-hydrogen) atoms. The molecule has 3 aromatic carbocycles. The van der Waals surface area contributed by atoms with Crippen molar-refractivity contribution in [3.8, 4) is 11.1 Å². The summed E-state index contributed by atoms with van der Waals surface area (Å²) in [6.07, 6.45) is 1.32.